The third-order valence-electron chi connectivity index (χ3n) is 4.64. The van der Waals surface area contributed by atoms with Gasteiger partial charge in [0, 0.05) is 38.1 Å². The van der Waals surface area contributed by atoms with E-state index in [-0.39, 0.29) is 31.8 Å². The number of rotatable bonds is 9. The van der Waals surface area contributed by atoms with E-state index in [9.17, 15) is 9.36 Å². The van der Waals surface area contributed by atoms with Crippen molar-refractivity contribution in [3.8, 4) is 0 Å². The fourth-order valence-electron chi connectivity index (χ4n) is 3.21. The number of aliphatic hydroxyl groups excluding tert-OH is 1. The zero-order valence-electron chi connectivity index (χ0n) is 17.2. The van der Waals surface area contributed by atoms with Gasteiger partial charge in [-0.1, -0.05) is 13.8 Å². The summed E-state index contributed by atoms with van der Waals surface area (Å²) in [7, 11) is -1.19. The summed E-state index contributed by atoms with van der Waals surface area (Å²) in [5.74, 6) is 0. The van der Waals surface area contributed by atoms with E-state index >= 15 is 0 Å². The molecule has 1 N–H and O–H groups in total. The lowest BCUT2D eigenvalue weighted by molar-refractivity contribution is 0.0121. The molecule has 0 spiro atoms. The van der Waals surface area contributed by atoms with E-state index in [0.717, 1.165) is 0 Å². The number of nitrogens with zero attached hydrogens (tertiary/aromatic N) is 3. The van der Waals surface area contributed by atoms with Gasteiger partial charge in [0.2, 0.25) is 0 Å². The average molecular weight is 423 g/mol. The Morgan fingerprint density at radius 3 is 2.29 bits per heavy atom. The monoisotopic (exact) mass is 423 g/mol. The van der Waals surface area contributed by atoms with Crippen LogP contribution in [0.5, 0.6) is 0 Å². The van der Waals surface area contributed by atoms with Crippen molar-refractivity contribution in [2.75, 3.05) is 86.0 Å². The first kappa shape index (κ1) is 23.5. The van der Waals surface area contributed by atoms with E-state index in [2.05, 4.69) is 13.8 Å². The molecule has 2 rings (SSSR count). The van der Waals surface area contributed by atoms with Crippen LogP contribution in [-0.4, -0.2) is 111 Å². The molecule has 2 aliphatic rings. The van der Waals surface area contributed by atoms with Crippen molar-refractivity contribution in [2.45, 2.75) is 13.8 Å². The van der Waals surface area contributed by atoms with Crippen molar-refractivity contribution < 1.29 is 33.2 Å². The number of amides is 1. The predicted octanol–water partition coefficient (Wildman–Crippen LogP) is 0.862. The molecular weight excluding hydrogens is 389 g/mol. The average Bonchev–Trinajstić information content (AvgIpc) is 2.67. The van der Waals surface area contributed by atoms with Crippen molar-refractivity contribution in [3.63, 3.8) is 0 Å². The van der Waals surface area contributed by atoms with Gasteiger partial charge in [-0.3, -0.25) is 4.57 Å². The SMILES string of the molecule is CN1CC(C)(C)COP1(=O)N1CCN(C(=O)OCCOCCOCCO)CC1. The fourth-order valence-corrected chi connectivity index (χ4v) is 5.76. The van der Waals surface area contributed by atoms with Crippen LogP contribution >= 0.6 is 7.67 Å². The van der Waals surface area contributed by atoms with Gasteiger partial charge in [-0.25, -0.2) is 14.1 Å². The van der Waals surface area contributed by atoms with Gasteiger partial charge in [0.05, 0.1) is 39.6 Å². The molecule has 164 valence electrons. The standard InChI is InChI=1S/C17H34N3O7P/c1-17(2)14-18(3)28(23,27-15-17)20-6-4-19(5-7-20)16(22)26-13-12-25-11-10-24-9-8-21/h21H,4-15H2,1-3H3. The summed E-state index contributed by atoms with van der Waals surface area (Å²) in [6, 6.07) is 0. The van der Waals surface area contributed by atoms with E-state index in [0.29, 0.717) is 52.5 Å². The van der Waals surface area contributed by atoms with Crippen molar-refractivity contribution in [2.24, 2.45) is 5.41 Å². The smallest absolute Gasteiger partial charge is 0.409 e. The molecule has 2 aliphatic heterocycles. The first-order valence-electron chi connectivity index (χ1n) is 9.68. The highest BCUT2D eigenvalue weighted by molar-refractivity contribution is 7.54. The third kappa shape index (κ3) is 6.66. The third-order valence-corrected chi connectivity index (χ3v) is 7.23. The Hall–Kier alpha value is -0.740. The zero-order valence-corrected chi connectivity index (χ0v) is 18.1. The van der Waals surface area contributed by atoms with Gasteiger partial charge < -0.3 is 28.7 Å². The molecule has 0 saturated carbocycles. The van der Waals surface area contributed by atoms with Crippen molar-refractivity contribution in [1.82, 2.24) is 14.2 Å². The molecule has 0 bridgehead atoms. The second-order valence-electron chi connectivity index (χ2n) is 7.75. The van der Waals surface area contributed by atoms with E-state index < -0.39 is 13.8 Å². The van der Waals surface area contributed by atoms with Crippen LogP contribution in [0.3, 0.4) is 0 Å². The summed E-state index contributed by atoms with van der Waals surface area (Å²) in [5, 5.41) is 8.57. The van der Waals surface area contributed by atoms with Crippen LogP contribution < -0.4 is 0 Å². The van der Waals surface area contributed by atoms with E-state index in [4.69, 9.17) is 23.8 Å². The highest BCUT2D eigenvalue weighted by Gasteiger charge is 2.45. The van der Waals surface area contributed by atoms with Gasteiger partial charge in [0.15, 0.2) is 0 Å². The molecule has 1 unspecified atom stereocenters. The summed E-state index contributed by atoms with van der Waals surface area (Å²) < 4.78 is 38.3. The van der Waals surface area contributed by atoms with E-state index in [1.165, 1.54) is 0 Å². The molecular formula is C17H34N3O7P. The minimum absolute atomic E-state index is 0.0132. The minimum atomic E-state index is -3.02. The number of aliphatic hydroxyl groups is 1. The van der Waals surface area contributed by atoms with Crippen LogP contribution in [0.25, 0.3) is 0 Å². The van der Waals surface area contributed by atoms with Crippen molar-refractivity contribution in [1.29, 1.82) is 0 Å². The molecule has 2 heterocycles. The fraction of sp³-hybridized carbons (Fsp3) is 0.941. The minimum Gasteiger partial charge on any atom is -0.447 e. The Labute approximate surface area is 167 Å². The summed E-state index contributed by atoms with van der Waals surface area (Å²) in [6.45, 7) is 8.70. The Morgan fingerprint density at radius 2 is 1.68 bits per heavy atom. The lowest BCUT2D eigenvalue weighted by Gasteiger charge is -2.46. The summed E-state index contributed by atoms with van der Waals surface area (Å²) >= 11 is 0. The molecule has 1 amide bonds. The number of carbonyl (C=O) groups is 1. The number of hydrogen-bond donors (Lipinski definition) is 1. The van der Waals surface area contributed by atoms with Crippen LogP contribution in [0.4, 0.5) is 4.79 Å². The van der Waals surface area contributed by atoms with Gasteiger partial charge >= 0.3 is 13.8 Å². The molecule has 2 saturated heterocycles. The lowest BCUT2D eigenvalue weighted by Crippen LogP contribution is -2.51. The number of piperazine rings is 1. The zero-order chi connectivity index (χ0) is 20.6. The second kappa shape index (κ2) is 10.9. The first-order valence-corrected chi connectivity index (χ1v) is 11.2. The predicted molar refractivity (Wildman–Crippen MR) is 103 cm³/mol. The number of ether oxygens (including phenoxy) is 3. The summed E-state index contributed by atoms with van der Waals surface area (Å²) in [4.78, 5) is 13.8. The molecule has 10 nitrogen and oxygen atoms in total. The molecule has 0 aromatic carbocycles. The van der Waals surface area contributed by atoms with Crippen molar-refractivity contribution >= 4 is 13.8 Å². The number of carbonyl (C=O) groups excluding carboxylic acids is 1. The highest BCUT2D eigenvalue weighted by Crippen LogP contribution is 2.57. The highest BCUT2D eigenvalue weighted by atomic mass is 31.2. The Morgan fingerprint density at radius 1 is 1.07 bits per heavy atom. The normalized spacial score (nSPS) is 26.4. The molecule has 0 aromatic heterocycles. The Balaban J connectivity index is 1.65. The molecule has 0 radical (unpaired) electrons. The lowest BCUT2D eigenvalue weighted by atomic mass is 9.95. The second-order valence-corrected chi connectivity index (χ2v) is 10.2. The molecule has 0 aromatic rings. The topological polar surface area (TPSA) is 101 Å². The van der Waals surface area contributed by atoms with Gasteiger partial charge in [-0.05, 0) is 7.05 Å². The van der Waals surface area contributed by atoms with Crippen LogP contribution in [0.1, 0.15) is 13.8 Å². The quantitative estimate of drug-likeness (QED) is 0.427. The maximum absolute atomic E-state index is 13.3. The molecule has 1 atom stereocenters. The Kier molecular flexibility index (Phi) is 9.14. The maximum atomic E-state index is 13.3. The molecule has 2 fully saturated rings. The largest absolute Gasteiger partial charge is 0.447 e. The Bertz CT molecular complexity index is 541. The van der Waals surface area contributed by atoms with E-state index in [1.54, 1.807) is 4.90 Å². The van der Waals surface area contributed by atoms with Gasteiger partial charge in [0.25, 0.3) is 0 Å². The maximum Gasteiger partial charge on any atom is 0.409 e. The first-order chi connectivity index (χ1) is 13.3. The van der Waals surface area contributed by atoms with Crippen LogP contribution in [0.15, 0.2) is 0 Å². The van der Waals surface area contributed by atoms with Gasteiger partial charge in [-0.2, -0.15) is 0 Å². The van der Waals surface area contributed by atoms with Crippen molar-refractivity contribution in [3.05, 3.63) is 0 Å². The molecule has 28 heavy (non-hydrogen) atoms. The number of hydrogen-bond acceptors (Lipinski definition) is 7. The molecule has 11 heteroatoms. The van der Waals surface area contributed by atoms with Gasteiger partial charge in [-0.15, -0.1) is 0 Å². The summed E-state index contributed by atoms with van der Waals surface area (Å²) in [5.41, 5.74) is -0.0265. The van der Waals surface area contributed by atoms with Crippen LogP contribution in [0, 0.1) is 5.41 Å². The van der Waals surface area contributed by atoms with Crippen LogP contribution in [0.2, 0.25) is 0 Å². The van der Waals surface area contributed by atoms with Gasteiger partial charge in [0.1, 0.15) is 6.61 Å². The molecule has 0 aliphatic carbocycles. The van der Waals surface area contributed by atoms with Crippen LogP contribution in [-0.2, 0) is 23.3 Å². The van der Waals surface area contributed by atoms with E-state index in [1.807, 2.05) is 16.4 Å². The summed E-state index contributed by atoms with van der Waals surface area (Å²) in [6.07, 6.45) is -0.392.